The predicted molar refractivity (Wildman–Crippen MR) is 45.3 cm³/mol. The van der Waals surface area contributed by atoms with Crippen LogP contribution in [-0.2, 0) is 14.3 Å². The SMILES string of the molecule is C=C(C(=O)O)C(=O)COCC1CC1. The Bertz CT molecular complexity index is 240. The number of ketones is 1. The van der Waals surface area contributed by atoms with Crippen molar-refractivity contribution < 1.29 is 19.4 Å². The van der Waals surface area contributed by atoms with E-state index in [1.54, 1.807) is 0 Å². The van der Waals surface area contributed by atoms with Crippen LogP contribution in [0.25, 0.3) is 0 Å². The molecular formula is C9H12O4. The van der Waals surface area contributed by atoms with Crippen LogP contribution in [0.2, 0.25) is 0 Å². The van der Waals surface area contributed by atoms with Crippen LogP contribution in [0.4, 0.5) is 0 Å². The zero-order valence-corrected chi connectivity index (χ0v) is 7.28. The second kappa shape index (κ2) is 4.18. The summed E-state index contributed by atoms with van der Waals surface area (Å²) in [7, 11) is 0. The van der Waals surface area contributed by atoms with Crippen LogP contribution in [0.3, 0.4) is 0 Å². The number of hydrogen-bond acceptors (Lipinski definition) is 3. The zero-order chi connectivity index (χ0) is 9.84. The van der Waals surface area contributed by atoms with E-state index in [2.05, 4.69) is 6.58 Å². The first-order valence-corrected chi connectivity index (χ1v) is 4.14. The third-order valence-corrected chi connectivity index (χ3v) is 1.88. The van der Waals surface area contributed by atoms with E-state index in [4.69, 9.17) is 9.84 Å². The summed E-state index contributed by atoms with van der Waals surface area (Å²) >= 11 is 0. The first-order chi connectivity index (χ1) is 6.11. The van der Waals surface area contributed by atoms with E-state index in [0.717, 1.165) is 12.8 Å². The van der Waals surface area contributed by atoms with Gasteiger partial charge < -0.3 is 9.84 Å². The van der Waals surface area contributed by atoms with Gasteiger partial charge in [0.15, 0.2) is 5.78 Å². The lowest BCUT2D eigenvalue weighted by Gasteiger charge is -2.01. The highest BCUT2D eigenvalue weighted by molar-refractivity contribution is 6.16. The molecule has 0 amide bonds. The second-order valence-electron chi connectivity index (χ2n) is 3.17. The maximum atomic E-state index is 11.0. The normalized spacial score (nSPS) is 15.4. The third-order valence-electron chi connectivity index (χ3n) is 1.88. The zero-order valence-electron chi connectivity index (χ0n) is 7.28. The minimum Gasteiger partial charge on any atom is -0.478 e. The van der Waals surface area contributed by atoms with Crippen molar-refractivity contribution >= 4 is 11.8 Å². The Balaban J connectivity index is 2.15. The van der Waals surface area contributed by atoms with E-state index in [-0.39, 0.29) is 6.61 Å². The molecule has 72 valence electrons. The molecule has 1 aliphatic carbocycles. The van der Waals surface area contributed by atoms with E-state index in [1.807, 2.05) is 0 Å². The van der Waals surface area contributed by atoms with Gasteiger partial charge in [-0.3, -0.25) is 4.79 Å². The molecule has 4 heteroatoms. The first kappa shape index (κ1) is 9.92. The van der Waals surface area contributed by atoms with Gasteiger partial charge in [0.1, 0.15) is 6.61 Å². The van der Waals surface area contributed by atoms with Crippen molar-refractivity contribution in [1.82, 2.24) is 0 Å². The van der Waals surface area contributed by atoms with Gasteiger partial charge in [-0.2, -0.15) is 0 Å². The molecule has 0 aromatic carbocycles. The molecule has 1 saturated carbocycles. The van der Waals surface area contributed by atoms with Crippen molar-refractivity contribution in [2.45, 2.75) is 12.8 Å². The maximum absolute atomic E-state index is 11.0. The Labute approximate surface area is 76.2 Å². The van der Waals surface area contributed by atoms with Crippen LogP contribution in [0.15, 0.2) is 12.2 Å². The second-order valence-corrected chi connectivity index (χ2v) is 3.17. The quantitative estimate of drug-likeness (QED) is 0.373. The minimum absolute atomic E-state index is 0.165. The van der Waals surface area contributed by atoms with Crippen molar-refractivity contribution in [3.05, 3.63) is 12.2 Å². The van der Waals surface area contributed by atoms with E-state index in [9.17, 15) is 9.59 Å². The molecule has 13 heavy (non-hydrogen) atoms. The lowest BCUT2D eigenvalue weighted by Crippen LogP contribution is -2.17. The van der Waals surface area contributed by atoms with E-state index >= 15 is 0 Å². The number of Topliss-reactive ketones (excluding diaryl/α,β-unsaturated/α-hetero) is 1. The Kier molecular flexibility index (Phi) is 3.19. The molecular weight excluding hydrogens is 172 g/mol. The van der Waals surface area contributed by atoms with Gasteiger partial charge in [0.2, 0.25) is 0 Å². The highest BCUT2D eigenvalue weighted by Gasteiger charge is 2.22. The molecule has 1 N–H and O–H groups in total. The monoisotopic (exact) mass is 184 g/mol. The van der Waals surface area contributed by atoms with Crippen LogP contribution in [0.5, 0.6) is 0 Å². The number of carboxylic acids is 1. The lowest BCUT2D eigenvalue weighted by molar-refractivity contribution is -0.135. The average molecular weight is 184 g/mol. The molecule has 0 heterocycles. The highest BCUT2D eigenvalue weighted by Crippen LogP contribution is 2.28. The summed E-state index contributed by atoms with van der Waals surface area (Å²) in [4.78, 5) is 21.3. The molecule has 0 radical (unpaired) electrons. The molecule has 0 aromatic heterocycles. The van der Waals surface area contributed by atoms with Crippen molar-refractivity contribution in [3.8, 4) is 0 Å². The van der Waals surface area contributed by atoms with Gasteiger partial charge in [-0.15, -0.1) is 0 Å². The Morgan fingerprint density at radius 1 is 1.46 bits per heavy atom. The third kappa shape index (κ3) is 3.38. The van der Waals surface area contributed by atoms with Gasteiger partial charge in [-0.25, -0.2) is 4.79 Å². The van der Waals surface area contributed by atoms with Gasteiger partial charge >= 0.3 is 5.97 Å². The fourth-order valence-corrected chi connectivity index (χ4v) is 0.809. The number of aliphatic carboxylic acids is 1. The standard InChI is InChI=1S/C9H12O4/c1-6(9(11)12)8(10)5-13-4-7-2-3-7/h7H,1-5H2,(H,11,12). The summed E-state index contributed by atoms with van der Waals surface area (Å²) in [6.07, 6.45) is 2.29. The Morgan fingerprint density at radius 2 is 2.08 bits per heavy atom. The molecule has 1 fully saturated rings. The number of hydrogen-bond donors (Lipinski definition) is 1. The van der Waals surface area contributed by atoms with Crippen LogP contribution in [-0.4, -0.2) is 30.1 Å². The molecule has 4 nitrogen and oxygen atoms in total. The molecule has 0 aliphatic heterocycles. The van der Waals surface area contributed by atoms with Crippen LogP contribution < -0.4 is 0 Å². The van der Waals surface area contributed by atoms with Crippen LogP contribution in [0.1, 0.15) is 12.8 Å². The molecule has 0 aromatic rings. The van der Waals surface area contributed by atoms with E-state index < -0.39 is 17.3 Å². The highest BCUT2D eigenvalue weighted by atomic mass is 16.5. The van der Waals surface area contributed by atoms with E-state index in [1.165, 1.54) is 0 Å². The summed E-state index contributed by atoms with van der Waals surface area (Å²) in [5.41, 5.74) is -0.407. The minimum atomic E-state index is -1.28. The number of carbonyl (C=O) groups excluding carboxylic acids is 1. The molecule has 0 atom stereocenters. The average Bonchev–Trinajstić information content (AvgIpc) is 2.86. The van der Waals surface area contributed by atoms with Gasteiger partial charge in [0.25, 0.3) is 0 Å². The summed E-state index contributed by atoms with van der Waals surface area (Å²) in [5, 5.41) is 8.40. The van der Waals surface area contributed by atoms with Gasteiger partial charge in [-0.05, 0) is 18.8 Å². The largest absolute Gasteiger partial charge is 0.478 e. The molecule has 0 unspecified atom stereocenters. The number of rotatable bonds is 6. The summed E-state index contributed by atoms with van der Waals surface area (Å²) in [5.74, 6) is -1.25. The van der Waals surface area contributed by atoms with Gasteiger partial charge in [0, 0.05) is 0 Å². The van der Waals surface area contributed by atoms with Crippen molar-refractivity contribution in [2.75, 3.05) is 13.2 Å². The fourth-order valence-electron chi connectivity index (χ4n) is 0.809. The topological polar surface area (TPSA) is 63.6 Å². The number of carbonyl (C=O) groups is 2. The molecule has 1 aliphatic rings. The molecule has 0 bridgehead atoms. The Morgan fingerprint density at radius 3 is 2.54 bits per heavy atom. The summed E-state index contributed by atoms with van der Waals surface area (Å²) in [6, 6.07) is 0. The van der Waals surface area contributed by atoms with Crippen molar-refractivity contribution in [3.63, 3.8) is 0 Å². The van der Waals surface area contributed by atoms with Crippen LogP contribution in [0, 0.1) is 5.92 Å². The van der Waals surface area contributed by atoms with E-state index in [0.29, 0.717) is 12.5 Å². The van der Waals surface area contributed by atoms with Crippen molar-refractivity contribution in [2.24, 2.45) is 5.92 Å². The lowest BCUT2D eigenvalue weighted by atomic mass is 10.2. The van der Waals surface area contributed by atoms with Crippen LogP contribution >= 0.6 is 0 Å². The maximum Gasteiger partial charge on any atom is 0.338 e. The smallest absolute Gasteiger partial charge is 0.338 e. The predicted octanol–water partition coefficient (Wildman–Crippen LogP) is 0.623. The summed E-state index contributed by atoms with van der Waals surface area (Å²) < 4.78 is 5.02. The Hall–Kier alpha value is -1.16. The van der Waals surface area contributed by atoms with Crippen molar-refractivity contribution in [1.29, 1.82) is 0 Å². The molecule has 1 rings (SSSR count). The number of carboxylic acid groups (broad SMARTS) is 1. The summed E-state index contributed by atoms with van der Waals surface area (Å²) in [6.45, 7) is 3.53. The molecule has 0 saturated heterocycles. The number of ether oxygens (including phenoxy) is 1. The van der Waals surface area contributed by atoms with Gasteiger partial charge in [-0.1, -0.05) is 6.58 Å². The fraction of sp³-hybridized carbons (Fsp3) is 0.556. The molecule has 0 spiro atoms. The first-order valence-electron chi connectivity index (χ1n) is 4.14. The van der Waals surface area contributed by atoms with Gasteiger partial charge in [0.05, 0.1) is 12.2 Å².